The lowest BCUT2D eigenvalue weighted by molar-refractivity contribution is -0.119. The lowest BCUT2D eigenvalue weighted by atomic mass is 10.4. The second kappa shape index (κ2) is 5.85. The molecule has 2 rings (SSSR count). The number of nitrogens with one attached hydrogen (secondary N) is 2. The van der Waals surface area contributed by atoms with Crippen molar-refractivity contribution in [3.05, 3.63) is 17.5 Å². The second-order valence-electron chi connectivity index (χ2n) is 3.56. The summed E-state index contributed by atoms with van der Waals surface area (Å²) in [4.78, 5) is 27.3. The van der Waals surface area contributed by atoms with E-state index in [1.165, 1.54) is 11.3 Å². The van der Waals surface area contributed by atoms with Gasteiger partial charge in [-0.05, 0) is 18.4 Å². The molecule has 1 unspecified atom stereocenters. The number of rotatable bonds is 4. The highest BCUT2D eigenvalue weighted by atomic mass is 32.2. The molecule has 0 radical (unpaired) electrons. The summed E-state index contributed by atoms with van der Waals surface area (Å²) in [7, 11) is 0. The van der Waals surface area contributed by atoms with Gasteiger partial charge in [0.2, 0.25) is 11.1 Å². The summed E-state index contributed by atoms with van der Waals surface area (Å²) in [5.74, 6) is 0.181. The van der Waals surface area contributed by atoms with E-state index in [4.69, 9.17) is 5.73 Å². The highest BCUT2D eigenvalue weighted by Gasteiger charge is 2.18. The molecule has 0 saturated carbocycles. The molecule has 0 saturated heterocycles. The van der Waals surface area contributed by atoms with Gasteiger partial charge in [-0.15, -0.1) is 16.4 Å². The average molecular weight is 297 g/mol. The topological polar surface area (TPSA) is 114 Å². The molecule has 1 atom stereocenters. The van der Waals surface area contributed by atoms with E-state index in [0.717, 1.165) is 16.6 Å². The van der Waals surface area contributed by atoms with Crippen LogP contribution in [0.15, 0.2) is 22.7 Å². The Labute approximate surface area is 117 Å². The van der Waals surface area contributed by atoms with Gasteiger partial charge in [0.05, 0.1) is 10.1 Å². The van der Waals surface area contributed by atoms with Crippen LogP contribution in [0.25, 0.3) is 10.7 Å². The van der Waals surface area contributed by atoms with Crippen molar-refractivity contribution in [2.45, 2.75) is 17.3 Å². The minimum Gasteiger partial charge on any atom is -0.351 e. The molecular formula is C10H11N5O2S2. The fraction of sp³-hybridized carbons (Fsp3) is 0.200. The Bertz CT molecular complexity index is 581. The van der Waals surface area contributed by atoms with Crippen LogP contribution in [0.3, 0.4) is 0 Å². The molecular weight excluding hydrogens is 286 g/mol. The number of imide groups is 1. The van der Waals surface area contributed by atoms with Crippen LogP contribution in [0.5, 0.6) is 0 Å². The smallest absolute Gasteiger partial charge is 0.318 e. The monoisotopic (exact) mass is 297 g/mol. The number of H-pyrrole nitrogens is 1. The van der Waals surface area contributed by atoms with E-state index in [9.17, 15) is 9.59 Å². The van der Waals surface area contributed by atoms with Gasteiger partial charge in [-0.25, -0.2) is 9.78 Å². The summed E-state index contributed by atoms with van der Waals surface area (Å²) in [6.07, 6.45) is 0. The van der Waals surface area contributed by atoms with E-state index in [-0.39, 0.29) is 0 Å². The molecule has 0 aliphatic rings. The van der Waals surface area contributed by atoms with Gasteiger partial charge in [0.15, 0.2) is 5.82 Å². The summed E-state index contributed by atoms with van der Waals surface area (Å²) < 4.78 is 0. The molecule has 2 aromatic rings. The minimum absolute atomic E-state index is 0.440. The third kappa shape index (κ3) is 3.55. The Morgan fingerprint density at radius 2 is 2.37 bits per heavy atom. The molecule has 7 nitrogen and oxygen atoms in total. The molecule has 2 aromatic heterocycles. The molecule has 0 bridgehead atoms. The number of hydrogen-bond acceptors (Lipinski definition) is 6. The number of thiophene rings is 1. The zero-order valence-electron chi connectivity index (χ0n) is 9.91. The first-order chi connectivity index (χ1) is 9.06. The Morgan fingerprint density at radius 1 is 1.58 bits per heavy atom. The van der Waals surface area contributed by atoms with E-state index in [1.54, 1.807) is 6.92 Å². The zero-order chi connectivity index (χ0) is 13.8. The lowest BCUT2D eigenvalue weighted by Gasteiger charge is -2.06. The van der Waals surface area contributed by atoms with Gasteiger partial charge < -0.3 is 5.73 Å². The van der Waals surface area contributed by atoms with Crippen molar-refractivity contribution in [3.63, 3.8) is 0 Å². The number of primary amides is 1. The molecule has 0 aliphatic carbocycles. The molecule has 2 heterocycles. The van der Waals surface area contributed by atoms with Gasteiger partial charge in [0, 0.05) is 0 Å². The maximum Gasteiger partial charge on any atom is 0.318 e. The molecule has 0 fully saturated rings. The van der Waals surface area contributed by atoms with Crippen molar-refractivity contribution in [1.82, 2.24) is 20.5 Å². The van der Waals surface area contributed by atoms with Crippen LogP contribution in [0.1, 0.15) is 6.92 Å². The van der Waals surface area contributed by atoms with Crippen LogP contribution in [0.4, 0.5) is 4.79 Å². The minimum atomic E-state index is -0.869. The Hall–Kier alpha value is -1.87. The van der Waals surface area contributed by atoms with Crippen LogP contribution in [0, 0.1) is 0 Å². The van der Waals surface area contributed by atoms with Crippen LogP contribution < -0.4 is 11.1 Å². The van der Waals surface area contributed by atoms with E-state index < -0.39 is 17.2 Å². The first-order valence-corrected chi connectivity index (χ1v) is 7.05. The number of aromatic nitrogens is 3. The molecule has 3 amide bonds. The third-order valence-corrected chi connectivity index (χ3v) is 3.95. The fourth-order valence-corrected chi connectivity index (χ4v) is 2.65. The summed E-state index contributed by atoms with van der Waals surface area (Å²) in [5.41, 5.74) is 4.88. The lowest BCUT2D eigenvalue weighted by Crippen LogP contribution is -2.39. The molecule has 100 valence electrons. The number of carbonyl (C=O) groups excluding carboxylic acids is 2. The number of aromatic amines is 1. The van der Waals surface area contributed by atoms with Crippen molar-refractivity contribution in [3.8, 4) is 10.7 Å². The van der Waals surface area contributed by atoms with Gasteiger partial charge in [0.25, 0.3) is 0 Å². The van der Waals surface area contributed by atoms with Crippen LogP contribution in [-0.4, -0.2) is 32.4 Å². The number of nitrogens with zero attached hydrogens (tertiary/aromatic N) is 2. The predicted molar refractivity (Wildman–Crippen MR) is 72.7 cm³/mol. The standard InChI is InChI=1S/C10H11N5O2S2/c1-5(8(16)13-9(11)17)19-10-12-7(14-15-10)6-3-2-4-18-6/h2-5H,1H3,(H,12,14,15)(H3,11,13,16,17). The highest BCUT2D eigenvalue weighted by molar-refractivity contribution is 8.00. The van der Waals surface area contributed by atoms with Gasteiger partial charge in [-0.2, -0.15) is 0 Å². The van der Waals surface area contributed by atoms with E-state index in [1.807, 2.05) is 22.8 Å². The molecule has 19 heavy (non-hydrogen) atoms. The largest absolute Gasteiger partial charge is 0.351 e. The first-order valence-electron chi connectivity index (χ1n) is 5.29. The second-order valence-corrected chi connectivity index (χ2v) is 5.81. The summed E-state index contributed by atoms with van der Waals surface area (Å²) in [6.45, 7) is 1.64. The number of urea groups is 1. The first kappa shape index (κ1) is 13.6. The van der Waals surface area contributed by atoms with E-state index >= 15 is 0 Å². The number of nitrogens with two attached hydrogens (primary N) is 1. The Kier molecular flexibility index (Phi) is 4.17. The predicted octanol–water partition coefficient (Wildman–Crippen LogP) is 1.21. The molecule has 9 heteroatoms. The van der Waals surface area contributed by atoms with Crippen molar-refractivity contribution in [1.29, 1.82) is 0 Å². The maximum absolute atomic E-state index is 11.5. The highest BCUT2D eigenvalue weighted by Crippen LogP contribution is 2.25. The SMILES string of the molecule is CC(Sc1n[nH]c(-c2cccs2)n1)C(=O)NC(N)=O. The molecule has 0 spiro atoms. The average Bonchev–Trinajstić information content (AvgIpc) is 2.96. The van der Waals surface area contributed by atoms with Crippen molar-refractivity contribution >= 4 is 35.0 Å². The molecule has 4 N–H and O–H groups in total. The van der Waals surface area contributed by atoms with Crippen molar-refractivity contribution in [2.75, 3.05) is 0 Å². The number of carbonyl (C=O) groups is 2. The van der Waals surface area contributed by atoms with E-state index in [2.05, 4.69) is 15.2 Å². The normalized spacial score (nSPS) is 12.1. The van der Waals surface area contributed by atoms with Crippen molar-refractivity contribution in [2.24, 2.45) is 5.73 Å². The maximum atomic E-state index is 11.5. The summed E-state index contributed by atoms with van der Waals surface area (Å²) in [6, 6.07) is 2.97. The fourth-order valence-electron chi connectivity index (χ4n) is 1.26. The number of thioether (sulfide) groups is 1. The molecule has 0 aromatic carbocycles. The van der Waals surface area contributed by atoms with Gasteiger partial charge in [0.1, 0.15) is 0 Å². The van der Waals surface area contributed by atoms with E-state index in [0.29, 0.717) is 11.0 Å². The summed E-state index contributed by atoms with van der Waals surface area (Å²) in [5, 5.41) is 10.7. The quantitative estimate of drug-likeness (QED) is 0.734. The Morgan fingerprint density at radius 3 is 3.00 bits per heavy atom. The Balaban J connectivity index is 2.00. The zero-order valence-corrected chi connectivity index (χ0v) is 11.5. The molecule has 0 aliphatic heterocycles. The van der Waals surface area contributed by atoms with Gasteiger partial charge >= 0.3 is 6.03 Å². The van der Waals surface area contributed by atoms with Gasteiger partial charge in [-0.3, -0.25) is 15.2 Å². The van der Waals surface area contributed by atoms with Gasteiger partial charge in [-0.1, -0.05) is 17.8 Å². The van der Waals surface area contributed by atoms with Crippen LogP contribution >= 0.6 is 23.1 Å². The van der Waals surface area contributed by atoms with Crippen molar-refractivity contribution < 1.29 is 9.59 Å². The number of amides is 3. The van der Waals surface area contributed by atoms with Crippen LogP contribution in [0.2, 0.25) is 0 Å². The summed E-state index contributed by atoms with van der Waals surface area (Å²) >= 11 is 2.68. The number of hydrogen-bond donors (Lipinski definition) is 3. The van der Waals surface area contributed by atoms with Crippen LogP contribution in [-0.2, 0) is 4.79 Å². The third-order valence-electron chi connectivity index (χ3n) is 2.12.